The average molecular weight is 242 g/mol. The van der Waals surface area contributed by atoms with Gasteiger partial charge in [0.15, 0.2) is 0 Å². The maximum Gasteiger partial charge on any atom is 0.0462 e. The van der Waals surface area contributed by atoms with Crippen molar-refractivity contribution in [3.8, 4) is 0 Å². The molecule has 16 heavy (non-hydrogen) atoms. The summed E-state index contributed by atoms with van der Waals surface area (Å²) in [6, 6.07) is 8.57. The van der Waals surface area contributed by atoms with E-state index in [4.69, 9.17) is 16.3 Å². The first-order valence-corrected chi connectivity index (χ1v) is 6.04. The van der Waals surface area contributed by atoms with E-state index in [2.05, 4.69) is 17.4 Å². The molecule has 1 aromatic rings. The van der Waals surface area contributed by atoms with Gasteiger partial charge in [-0.25, -0.2) is 0 Å². The lowest BCUT2D eigenvalue weighted by Gasteiger charge is -2.15. The van der Waals surface area contributed by atoms with Crippen LogP contribution in [0.1, 0.15) is 18.4 Å². The molecule has 2 nitrogen and oxygen atoms in total. The van der Waals surface area contributed by atoms with Gasteiger partial charge in [-0.3, -0.25) is 0 Å². The van der Waals surface area contributed by atoms with E-state index in [9.17, 15) is 0 Å². The number of ether oxygens (including phenoxy) is 1. The SMILES string of the molecule is CNC(CCCOC)Cc1ccc(Cl)cc1. The molecule has 0 aliphatic rings. The van der Waals surface area contributed by atoms with E-state index in [1.54, 1.807) is 7.11 Å². The molecule has 0 bridgehead atoms. The van der Waals surface area contributed by atoms with Gasteiger partial charge in [-0.1, -0.05) is 23.7 Å². The van der Waals surface area contributed by atoms with E-state index in [-0.39, 0.29) is 0 Å². The molecule has 1 unspecified atom stereocenters. The van der Waals surface area contributed by atoms with E-state index < -0.39 is 0 Å². The Morgan fingerprint density at radius 1 is 1.31 bits per heavy atom. The monoisotopic (exact) mass is 241 g/mol. The first kappa shape index (κ1) is 13.5. The minimum absolute atomic E-state index is 0.510. The summed E-state index contributed by atoms with van der Waals surface area (Å²) < 4.78 is 5.06. The highest BCUT2D eigenvalue weighted by Gasteiger charge is 2.06. The Morgan fingerprint density at radius 2 is 2.00 bits per heavy atom. The predicted molar refractivity (Wildman–Crippen MR) is 69.1 cm³/mol. The molecule has 90 valence electrons. The summed E-state index contributed by atoms with van der Waals surface area (Å²) in [6.07, 6.45) is 3.26. The average Bonchev–Trinajstić information content (AvgIpc) is 2.31. The molecule has 3 heteroatoms. The summed E-state index contributed by atoms with van der Waals surface area (Å²) in [6.45, 7) is 0.832. The topological polar surface area (TPSA) is 21.3 Å². The van der Waals surface area contributed by atoms with Crippen LogP contribution in [0.15, 0.2) is 24.3 Å². The Balaban J connectivity index is 2.40. The van der Waals surface area contributed by atoms with Crippen LogP contribution in [0.5, 0.6) is 0 Å². The Hall–Kier alpha value is -0.570. The molecule has 0 fully saturated rings. The largest absolute Gasteiger partial charge is 0.385 e. The minimum Gasteiger partial charge on any atom is -0.385 e. The van der Waals surface area contributed by atoms with Crippen LogP contribution in [0.25, 0.3) is 0 Å². The third kappa shape index (κ3) is 4.97. The van der Waals surface area contributed by atoms with Gasteiger partial charge in [0.2, 0.25) is 0 Å². The van der Waals surface area contributed by atoms with Crippen LogP contribution in [0.4, 0.5) is 0 Å². The zero-order chi connectivity index (χ0) is 11.8. The van der Waals surface area contributed by atoms with Gasteiger partial charge >= 0.3 is 0 Å². The van der Waals surface area contributed by atoms with Crippen LogP contribution < -0.4 is 5.32 Å². The van der Waals surface area contributed by atoms with Crippen molar-refractivity contribution >= 4 is 11.6 Å². The number of hydrogen-bond donors (Lipinski definition) is 1. The van der Waals surface area contributed by atoms with Crippen molar-refractivity contribution in [3.63, 3.8) is 0 Å². The van der Waals surface area contributed by atoms with Crippen molar-refractivity contribution in [1.82, 2.24) is 5.32 Å². The highest BCUT2D eigenvalue weighted by Crippen LogP contribution is 2.12. The Labute approximate surface area is 103 Å². The fraction of sp³-hybridized carbons (Fsp3) is 0.538. The number of nitrogens with one attached hydrogen (secondary N) is 1. The molecule has 0 aliphatic heterocycles. The van der Waals surface area contributed by atoms with E-state index in [1.165, 1.54) is 5.56 Å². The number of halogens is 1. The maximum absolute atomic E-state index is 5.85. The van der Waals surface area contributed by atoms with Crippen LogP contribution in [-0.4, -0.2) is 26.8 Å². The molecule has 1 rings (SSSR count). The third-order valence-corrected chi connectivity index (χ3v) is 2.96. The van der Waals surface area contributed by atoms with Crippen LogP contribution in [0.3, 0.4) is 0 Å². The molecule has 0 radical (unpaired) electrons. The Bertz CT molecular complexity index is 286. The predicted octanol–water partition coefficient (Wildman–Crippen LogP) is 2.90. The number of rotatable bonds is 7. The summed E-state index contributed by atoms with van der Waals surface area (Å²) >= 11 is 5.85. The first-order valence-electron chi connectivity index (χ1n) is 5.67. The van der Waals surface area contributed by atoms with Crippen LogP contribution in [0.2, 0.25) is 5.02 Å². The molecule has 0 aliphatic carbocycles. The molecular weight excluding hydrogens is 222 g/mol. The fourth-order valence-electron chi connectivity index (χ4n) is 1.73. The van der Waals surface area contributed by atoms with Gasteiger partial charge in [0.05, 0.1) is 0 Å². The van der Waals surface area contributed by atoms with Crippen molar-refractivity contribution in [3.05, 3.63) is 34.9 Å². The van der Waals surface area contributed by atoms with Gasteiger partial charge in [0, 0.05) is 24.8 Å². The van der Waals surface area contributed by atoms with Gasteiger partial charge in [0.1, 0.15) is 0 Å². The molecule has 1 aromatic carbocycles. The summed E-state index contributed by atoms with van der Waals surface area (Å²) in [5.74, 6) is 0. The molecule has 0 aromatic heterocycles. The third-order valence-electron chi connectivity index (χ3n) is 2.70. The van der Waals surface area contributed by atoms with Gasteiger partial charge in [-0.15, -0.1) is 0 Å². The maximum atomic E-state index is 5.85. The summed E-state index contributed by atoms with van der Waals surface area (Å²) in [5.41, 5.74) is 1.32. The van der Waals surface area contributed by atoms with Gasteiger partial charge < -0.3 is 10.1 Å². The number of benzene rings is 1. The summed E-state index contributed by atoms with van der Waals surface area (Å²) in [7, 11) is 3.75. The second kappa shape index (κ2) is 7.66. The normalized spacial score (nSPS) is 12.7. The summed E-state index contributed by atoms with van der Waals surface area (Å²) in [4.78, 5) is 0. The van der Waals surface area contributed by atoms with Crippen LogP contribution >= 0.6 is 11.6 Å². The zero-order valence-electron chi connectivity index (χ0n) is 10.0. The van der Waals surface area contributed by atoms with Crippen molar-refractivity contribution in [2.24, 2.45) is 0 Å². The lowest BCUT2D eigenvalue weighted by Crippen LogP contribution is -2.27. The summed E-state index contributed by atoms with van der Waals surface area (Å²) in [5, 5.41) is 4.13. The molecule has 1 atom stereocenters. The molecule has 0 saturated heterocycles. The zero-order valence-corrected chi connectivity index (χ0v) is 10.8. The molecule has 1 N–H and O–H groups in total. The highest BCUT2D eigenvalue weighted by molar-refractivity contribution is 6.30. The lowest BCUT2D eigenvalue weighted by molar-refractivity contribution is 0.189. The van der Waals surface area contributed by atoms with Crippen molar-refractivity contribution in [1.29, 1.82) is 0 Å². The number of likely N-dealkylation sites (N-methyl/N-ethyl adjacent to an activating group) is 1. The van der Waals surface area contributed by atoms with Gasteiger partial charge in [0.25, 0.3) is 0 Å². The van der Waals surface area contributed by atoms with Crippen molar-refractivity contribution in [2.75, 3.05) is 20.8 Å². The second-order valence-electron chi connectivity index (χ2n) is 3.95. The van der Waals surface area contributed by atoms with Crippen molar-refractivity contribution in [2.45, 2.75) is 25.3 Å². The molecule has 0 heterocycles. The molecule has 0 spiro atoms. The number of hydrogen-bond acceptors (Lipinski definition) is 2. The quantitative estimate of drug-likeness (QED) is 0.742. The Morgan fingerprint density at radius 3 is 2.56 bits per heavy atom. The first-order chi connectivity index (χ1) is 7.76. The minimum atomic E-state index is 0.510. The van der Waals surface area contributed by atoms with Crippen LogP contribution in [0, 0.1) is 0 Å². The fourth-order valence-corrected chi connectivity index (χ4v) is 1.85. The molecule has 0 amide bonds. The standard InChI is InChI=1S/C13H20ClNO/c1-15-13(4-3-9-16-2)10-11-5-7-12(14)8-6-11/h5-8,13,15H,3-4,9-10H2,1-2H3. The molecular formula is C13H20ClNO. The van der Waals surface area contributed by atoms with E-state index in [0.29, 0.717) is 6.04 Å². The van der Waals surface area contributed by atoms with Gasteiger partial charge in [-0.2, -0.15) is 0 Å². The van der Waals surface area contributed by atoms with Crippen molar-refractivity contribution < 1.29 is 4.74 Å². The number of methoxy groups -OCH3 is 1. The van der Waals surface area contributed by atoms with Crippen LogP contribution in [-0.2, 0) is 11.2 Å². The van der Waals surface area contributed by atoms with E-state index >= 15 is 0 Å². The second-order valence-corrected chi connectivity index (χ2v) is 4.39. The van der Waals surface area contributed by atoms with Gasteiger partial charge in [-0.05, 0) is 44.0 Å². The lowest BCUT2D eigenvalue weighted by atomic mass is 10.0. The molecule has 0 saturated carbocycles. The highest BCUT2D eigenvalue weighted by atomic mass is 35.5. The Kier molecular flexibility index (Phi) is 6.46. The van der Waals surface area contributed by atoms with E-state index in [0.717, 1.165) is 30.9 Å². The smallest absolute Gasteiger partial charge is 0.0462 e. The van der Waals surface area contributed by atoms with E-state index in [1.807, 2.05) is 19.2 Å².